The lowest BCUT2D eigenvalue weighted by atomic mass is 9.81. The number of fused-ring (bicyclic) bond motifs is 1. The van der Waals surface area contributed by atoms with Crippen molar-refractivity contribution in [3.8, 4) is 5.75 Å². The van der Waals surface area contributed by atoms with Gasteiger partial charge in [0.1, 0.15) is 17.4 Å². The van der Waals surface area contributed by atoms with Crippen molar-refractivity contribution in [1.82, 2.24) is 10.3 Å². The smallest absolute Gasteiger partial charge is 0.223 e. The van der Waals surface area contributed by atoms with Crippen molar-refractivity contribution >= 4 is 16.8 Å². The number of hydrogen-bond donors (Lipinski definition) is 2. The summed E-state index contributed by atoms with van der Waals surface area (Å²) in [6, 6.07) is 9.86. The molecule has 1 aromatic heterocycles. The SMILES string of the molecule is CC(C)(O)[C@H]1CC[C@H](NC(=O)C2CC(Oc3cccc4cccnc34)C2)CO1. The second-order valence-corrected chi connectivity index (χ2v) is 8.50. The van der Waals surface area contributed by atoms with E-state index < -0.39 is 5.60 Å². The fourth-order valence-corrected chi connectivity index (χ4v) is 3.97. The second kappa shape index (κ2) is 7.68. The molecule has 2 N–H and O–H groups in total. The van der Waals surface area contributed by atoms with Crippen LogP contribution in [0.5, 0.6) is 5.75 Å². The van der Waals surface area contributed by atoms with Crippen LogP contribution in [0.3, 0.4) is 0 Å². The topological polar surface area (TPSA) is 80.7 Å². The molecule has 0 spiro atoms. The molecule has 0 bridgehead atoms. The molecule has 0 unspecified atom stereocenters. The Bertz CT molecular complexity index is 829. The van der Waals surface area contributed by atoms with Crippen LogP contribution < -0.4 is 10.1 Å². The minimum Gasteiger partial charge on any atom is -0.488 e. The van der Waals surface area contributed by atoms with Gasteiger partial charge in [0.2, 0.25) is 5.91 Å². The van der Waals surface area contributed by atoms with Gasteiger partial charge in [-0.25, -0.2) is 0 Å². The Morgan fingerprint density at radius 1 is 1.25 bits per heavy atom. The minimum atomic E-state index is -0.843. The van der Waals surface area contributed by atoms with Crippen molar-refractivity contribution in [2.75, 3.05) is 6.61 Å². The quantitative estimate of drug-likeness (QED) is 0.829. The van der Waals surface area contributed by atoms with Gasteiger partial charge in [-0.3, -0.25) is 9.78 Å². The number of carbonyl (C=O) groups is 1. The summed E-state index contributed by atoms with van der Waals surface area (Å²) in [4.78, 5) is 16.9. The molecule has 2 aromatic rings. The highest BCUT2D eigenvalue weighted by atomic mass is 16.5. The molecular formula is C22H28N2O4. The lowest BCUT2D eigenvalue weighted by Gasteiger charge is -2.38. The Kier molecular flexibility index (Phi) is 5.25. The highest BCUT2D eigenvalue weighted by molar-refractivity contribution is 5.84. The first-order valence-electron chi connectivity index (χ1n) is 10.0. The highest BCUT2D eigenvalue weighted by Crippen LogP contribution is 2.34. The van der Waals surface area contributed by atoms with E-state index in [-0.39, 0.29) is 30.1 Å². The van der Waals surface area contributed by atoms with Crippen LogP contribution in [0.4, 0.5) is 0 Å². The summed E-state index contributed by atoms with van der Waals surface area (Å²) in [5, 5.41) is 14.2. The summed E-state index contributed by atoms with van der Waals surface area (Å²) < 4.78 is 11.8. The van der Waals surface area contributed by atoms with E-state index in [2.05, 4.69) is 10.3 Å². The number of nitrogens with zero attached hydrogens (tertiary/aromatic N) is 1. The van der Waals surface area contributed by atoms with Crippen molar-refractivity contribution < 1.29 is 19.4 Å². The van der Waals surface area contributed by atoms with Gasteiger partial charge in [-0.1, -0.05) is 18.2 Å². The third kappa shape index (κ3) is 4.13. The summed E-state index contributed by atoms with van der Waals surface area (Å²) in [5.74, 6) is 0.839. The predicted molar refractivity (Wildman–Crippen MR) is 106 cm³/mol. The monoisotopic (exact) mass is 384 g/mol. The molecule has 1 aliphatic heterocycles. The van der Waals surface area contributed by atoms with Crippen LogP contribution in [0, 0.1) is 5.92 Å². The Morgan fingerprint density at radius 3 is 2.75 bits per heavy atom. The number of para-hydroxylation sites is 1. The summed E-state index contributed by atoms with van der Waals surface area (Å²) >= 11 is 0. The van der Waals surface area contributed by atoms with Crippen molar-refractivity contribution in [3.63, 3.8) is 0 Å². The fraction of sp³-hybridized carbons (Fsp3) is 0.545. The van der Waals surface area contributed by atoms with Crippen molar-refractivity contribution in [2.24, 2.45) is 5.92 Å². The van der Waals surface area contributed by atoms with Crippen LogP contribution in [0.2, 0.25) is 0 Å². The van der Waals surface area contributed by atoms with Gasteiger partial charge >= 0.3 is 0 Å². The lowest BCUT2D eigenvalue weighted by molar-refractivity contribution is -0.137. The first-order chi connectivity index (χ1) is 13.4. The number of ether oxygens (including phenoxy) is 2. The maximum Gasteiger partial charge on any atom is 0.223 e. The van der Waals surface area contributed by atoms with Gasteiger partial charge < -0.3 is 19.9 Å². The molecule has 1 saturated carbocycles. The molecule has 6 heteroatoms. The second-order valence-electron chi connectivity index (χ2n) is 8.50. The van der Waals surface area contributed by atoms with E-state index in [1.54, 1.807) is 20.0 Å². The number of benzene rings is 1. The molecule has 1 saturated heterocycles. The molecule has 1 amide bonds. The molecular weight excluding hydrogens is 356 g/mol. The molecule has 2 heterocycles. The van der Waals surface area contributed by atoms with E-state index in [0.29, 0.717) is 6.61 Å². The summed E-state index contributed by atoms with van der Waals surface area (Å²) in [6.07, 6.45) is 4.65. The number of rotatable bonds is 5. The number of pyridine rings is 1. The average Bonchev–Trinajstić information content (AvgIpc) is 2.64. The molecule has 150 valence electrons. The summed E-state index contributed by atoms with van der Waals surface area (Å²) in [7, 11) is 0. The molecule has 2 atom stereocenters. The van der Waals surface area contributed by atoms with E-state index in [1.807, 2.05) is 30.3 Å². The number of aromatic nitrogens is 1. The molecule has 0 radical (unpaired) electrons. The molecule has 2 fully saturated rings. The van der Waals surface area contributed by atoms with Gasteiger partial charge in [-0.05, 0) is 51.7 Å². The summed E-state index contributed by atoms with van der Waals surface area (Å²) in [5.41, 5.74) is 0.0166. The van der Waals surface area contributed by atoms with E-state index in [4.69, 9.17) is 9.47 Å². The lowest BCUT2D eigenvalue weighted by Crippen LogP contribution is -2.51. The van der Waals surface area contributed by atoms with Gasteiger partial charge in [0.25, 0.3) is 0 Å². The zero-order chi connectivity index (χ0) is 19.7. The van der Waals surface area contributed by atoms with Crippen LogP contribution >= 0.6 is 0 Å². The number of hydrogen-bond acceptors (Lipinski definition) is 5. The van der Waals surface area contributed by atoms with Crippen LogP contribution in [0.1, 0.15) is 39.5 Å². The number of amides is 1. The third-order valence-corrected chi connectivity index (χ3v) is 5.77. The van der Waals surface area contributed by atoms with E-state index in [9.17, 15) is 9.90 Å². The van der Waals surface area contributed by atoms with Gasteiger partial charge in [-0.15, -0.1) is 0 Å². The van der Waals surface area contributed by atoms with Crippen LogP contribution in [-0.2, 0) is 9.53 Å². The number of nitrogens with one attached hydrogen (secondary N) is 1. The van der Waals surface area contributed by atoms with Gasteiger partial charge in [0, 0.05) is 17.5 Å². The molecule has 4 rings (SSSR count). The fourth-order valence-electron chi connectivity index (χ4n) is 3.97. The van der Waals surface area contributed by atoms with Gasteiger partial charge in [0.15, 0.2) is 0 Å². The van der Waals surface area contributed by atoms with Crippen LogP contribution in [-0.4, -0.2) is 46.5 Å². The van der Waals surface area contributed by atoms with Crippen LogP contribution in [0.25, 0.3) is 10.9 Å². The van der Waals surface area contributed by atoms with Crippen LogP contribution in [0.15, 0.2) is 36.5 Å². The Hall–Kier alpha value is -2.18. The maximum atomic E-state index is 12.5. The zero-order valence-electron chi connectivity index (χ0n) is 16.4. The Balaban J connectivity index is 1.25. The largest absolute Gasteiger partial charge is 0.488 e. The van der Waals surface area contributed by atoms with Gasteiger partial charge in [0.05, 0.1) is 24.4 Å². The predicted octanol–water partition coefficient (Wildman–Crippen LogP) is 2.83. The molecule has 2 aliphatic rings. The van der Waals surface area contributed by atoms with E-state index in [0.717, 1.165) is 42.3 Å². The van der Waals surface area contributed by atoms with Crippen molar-refractivity contribution in [2.45, 2.75) is 63.4 Å². The van der Waals surface area contributed by atoms with E-state index in [1.165, 1.54) is 0 Å². The maximum absolute atomic E-state index is 12.5. The third-order valence-electron chi connectivity index (χ3n) is 5.77. The standard InChI is InChI=1S/C22H28N2O4/c1-22(2,26)19-9-8-16(13-27-19)24-21(25)15-11-17(12-15)28-18-7-3-5-14-6-4-10-23-20(14)18/h3-7,10,15-17,19,26H,8-9,11-13H2,1-2H3,(H,24,25)/t15?,16-,17?,19+/m0/s1. The molecule has 1 aromatic carbocycles. The first-order valence-corrected chi connectivity index (χ1v) is 10.0. The molecule has 6 nitrogen and oxygen atoms in total. The Morgan fingerprint density at radius 2 is 2.04 bits per heavy atom. The normalized spacial score (nSPS) is 27.8. The average molecular weight is 384 g/mol. The highest BCUT2D eigenvalue weighted by Gasteiger charge is 2.38. The van der Waals surface area contributed by atoms with Crippen molar-refractivity contribution in [1.29, 1.82) is 0 Å². The zero-order valence-corrected chi connectivity index (χ0v) is 16.4. The summed E-state index contributed by atoms with van der Waals surface area (Å²) in [6.45, 7) is 3.97. The Labute approximate surface area is 165 Å². The minimum absolute atomic E-state index is 0.0139. The number of carbonyl (C=O) groups excluding carboxylic acids is 1. The molecule has 28 heavy (non-hydrogen) atoms. The molecule has 1 aliphatic carbocycles. The van der Waals surface area contributed by atoms with E-state index >= 15 is 0 Å². The van der Waals surface area contributed by atoms with Gasteiger partial charge in [-0.2, -0.15) is 0 Å². The first kappa shape index (κ1) is 19.2. The van der Waals surface area contributed by atoms with Crippen molar-refractivity contribution in [3.05, 3.63) is 36.5 Å². The number of aliphatic hydroxyl groups is 1.